The van der Waals surface area contributed by atoms with Crippen LogP contribution in [-0.2, 0) is 30.5 Å². The number of hydrogen-bond donors (Lipinski definition) is 3. The molecule has 2 atom stereocenters. The molecule has 0 bridgehead atoms. The molecule has 1 aliphatic carbocycles. The smallest absolute Gasteiger partial charge is 0.434 e. The molecular weight excluding hydrogens is 540 g/mol. The Bertz CT molecular complexity index is 1030. The van der Waals surface area contributed by atoms with E-state index in [0.717, 1.165) is 32.1 Å². The highest BCUT2D eigenvalue weighted by molar-refractivity contribution is 6.40. The minimum atomic E-state index is -1.41. The number of aliphatic imine (C=N–C) groups is 1. The van der Waals surface area contributed by atoms with Gasteiger partial charge in [0, 0.05) is 32.1 Å². The molecule has 2 rings (SSSR count). The molecule has 3 N–H and O–H groups in total. The SMILES string of the molecule is CCNC(=O)CN(C)C(=O)CC[C@H](NC(=O)C(CC1CCCCC1)=NC(=O)OCc1cccc(Cl)c1)C(O)OC. The number of ether oxygens (including phenoxy) is 2. The summed E-state index contributed by atoms with van der Waals surface area (Å²) >= 11 is 5.98. The molecule has 0 radical (unpaired) electrons. The maximum absolute atomic E-state index is 13.3. The molecule has 11 nitrogen and oxygen atoms in total. The molecule has 0 spiro atoms. The molecule has 0 heterocycles. The monoisotopic (exact) mass is 580 g/mol. The number of nitrogens with one attached hydrogen (secondary N) is 2. The maximum atomic E-state index is 13.3. The number of halogens is 1. The normalized spacial score (nSPS) is 15.6. The van der Waals surface area contributed by atoms with Gasteiger partial charge in [-0.05, 0) is 43.4 Å². The summed E-state index contributed by atoms with van der Waals surface area (Å²) in [7, 11) is 2.78. The van der Waals surface area contributed by atoms with E-state index in [4.69, 9.17) is 21.1 Å². The second-order valence-corrected chi connectivity index (χ2v) is 10.3. The zero-order valence-corrected chi connectivity index (χ0v) is 24.2. The molecule has 222 valence electrons. The van der Waals surface area contributed by atoms with Crippen LogP contribution in [0.15, 0.2) is 29.3 Å². The molecule has 1 unspecified atom stereocenters. The van der Waals surface area contributed by atoms with Crippen LogP contribution >= 0.6 is 11.6 Å². The molecule has 1 aromatic rings. The summed E-state index contributed by atoms with van der Waals surface area (Å²) in [5, 5.41) is 16.2. The molecule has 1 aliphatic rings. The van der Waals surface area contributed by atoms with E-state index in [2.05, 4.69) is 15.6 Å². The van der Waals surface area contributed by atoms with Gasteiger partial charge in [-0.3, -0.25) is 14.4 Å². The van der Waals surface area contributed by atoms with E-state index >= 15 is 0 Å². The fraction of sp³-hybridized carbons (Fsp3) is 0.607. The van der Waals surface area contributed by atoms with Gasteiger partial charge >= 0.3 is 6.09 Å². The largest absolute Gasteiger partial charge is 0.443 e. The van der Waals surface area contributed by atoms with Gasteiger partial charge in [-0.2, -0.15) is 4.99 Å². The van der Waals surface area contributed by atoms with Crippen LogP contribution in [0.2, 0.25) is 5.02 Å². The topological polar surface area (TPSA) is 147 Å². The van der Waals surface area contributed by atoms with Gasteiger partial charge in [-0.15, -0.1) is 0 Å². The molecule has 0 saturated heterocycles. The second-order valence-electron chi connectivity index (χ2n) is 9.90. The van der Waals surface area contributed by atoms with Gasteiger partial charge in [0.1, 0.15) is 12.3 Å². The fourth-order valence-electron chi connectivity index (χ4n) is 4.50. The minimum Gasteiger partial charge on any atom is -0.443 e. The number of benzene rings is 1. The van der Waals surface area contributed by atoms with Crippen molar-refractivity contribution in [2.75, 3.05) is 27.2 Å². The number of rotatable bonds is 14. The number of methoxy groups -OCH3 is 1. The number of amides is 4. The molecule has 0 aromatic heterocycles. The molecule has 12 heteroatoms. The van der Waals surface area contributed by atoms with Crippen molar-refractivity contribution >= 4 is 41.1 Å². The third-order valence-corrected chi connectivity index (χ3v) is 6.93. The first kappa shape index (κ1) is 33.2. The van der Waals surface area contributed by atoms with Gasteiger partial charge in [0.2, 0.25) is 11.8 Å². The van der Waals surface area contributed by atoms with Crippen LogP contribution in [-0.4, -0.2) is 79.1 Å². The van der Waals surface area contributed by atoms with Crippen molar-refractivity contribution in [3.05, 3.63) is 34.9 Å². The first-order valence-corrected chi connectivity index (χ1v) is 14.0. The van der Waals surface area contributed by atoms with E-state index in [0.29, 0.717) is 17.1 Å². The zero-order chi connectivity index (χ0) is 29.5. The molecule has 1 aromatic carbocycles. The van der Waals surface area contributed by atoms with Crippen molar-refractivity contribution in [3.8, 4) is 0 Å². The summed E-state index contributed by atoms with van der Waals surface area (Å²) in [6, 6.07) is 5.90. The van der Waals surface area contributed by atoms with Crippen molar-refractivity contribution < 1.29 is 33.8 Å². The standard InChI is InChI=1S/C28H41ClN4O7/c1-4-30-24(34)17-33(2)25(35)14-13-22(27(37)39-3)31-26(36)23(16-19-9-6-5-7-10-19)32-28(38)40-18-20-11-8-12-21(29)15-20/h8,11-12,15,19,22,27,37H,4-7,9-10,13-14,16-18H2,1-3H3,(H,30,34)(H,31,36)/t22-,27?/m0/s1. The molecule has 40 heavy (non-hydrogen) atoms. The molecule has 0 aliphatic heterocycles. The summed E-state index contributed by atoms with van der Waals surface area (Å²) < 4.78 is 10.3. The van der Waals surface area contributed by atoms with E-state index in [1.807, 2.05) is 0 Å². The summed E-state index contributed by atoms with van der Waals surface area (Å²) in [6.07, 6.45) is 2.98. The van der Waals surface area contributed by atoms with Crippen LogP contribution in [0.25, 0.3) is 0 Å². The summed E-state index contributed by atoms with van der Waals surface area (Å²) in [6.45, 7) is 2.07. The van der Waals surface area contributed by atoms with Crippen LogP contribution in [0, 0.1) is 5.92 Å². The molecule has 4 amide bonds. The number of hydrogen-bond acceptors (Lipinski definition) is 7. The van der Waals surface area contributed by atoms with Crippen molar-refractivity contribution in [3.63, 3.8) is 0 Å². The third-order valence-electron chi connectivity index (χ3n) is 6.70. The maximum Gasteiger partial charge on any atom is 0.434 e. The highest BCUT2D eigenvalue weighted by Crippen LogP contribution is 2.27. The number of aliphatic hydroxyl groups is 1. The Morgan fingerprint density at radius 2 is 1.93 bits per heavy atom. The number of aliphatic hydroxyl groups excluding tert-OH is 1. The van der Waals surface area contributed by atoms with E-state index in [9.17, 15) is 24.3 Å². The number of carbonyl (C=O) groups excluding carboxylic acids is 4. The first-order valence-electron chi connectivity index (χ1n) is 13.6. The van der Waals surface area contributed by atoms with Gasteiger partial charge < -0.3 is 30.1 Å². The van der Waals surface area contributed by atoms with Crippen LogP contribution in [0.4, 0.5) is 4.79 Å². The van der Waals surface area contributed by atoms with Crippen LogP contribution in [0.3, 0.4) is 0 Å². The van der Waals surface area contributed by atoms with Crippen LogP contribution in [0.1, 0.15) is 63.9 Å². The fourth-order valence-corrected chi connectivity index (χ4v) is 4.71. The lowest BCUT2D eigenvalue weighted by Crippen LogP contribution is -2.48. The van der Waals surface area contributed by atoms with Crippen molar-refractivity contribution in [1.82, 2.24) is 15.5 Å². The highest BCUT2D eigenvalue weighted by atomic mass is 35.5. The van der Waals surface area contributed by atoms with E-state index in [1.54, 1.807) is 31.2 Å². The summed E-state index contributed by atoms with van der Waals surface area (Å²) in [5.74, 6) is -1.08. The number of nitrogens with zero attached hydrogens (tertiary/aromatic N) is 2. The van der Waals surface area contributed by atoms with E-state index in [-0.39, 0.29) is 55.9 Å². The van der Waals surface area contributed by atoms with Crippen molar-refractivity contribution in [2.45, 2.75) is 77.2 Å². The lowest BCUT2D eigenvalue weighted by molar-refractivity contribution is -0.136. The lowest BCUT2D eigenvalue weighted by Gasteiger charge is -2.26. The van der Waals surface area contributed by atoms with E-state index < -0.39 is 24.3 Å². The molecule has 1 saturated carbocycles. The van der Waals surface area contributed by atoms with Gasteiger partial charge in [0.25, 0.3) is 5.91 Å². The van der Waals surface area contributed by atoms with Crippen molar-refractivity contribution in [1.29, 1.82) is 0 Å². The summed E-state index contributed by atoms with van der Waals surface area (Å²) in [5.41, 5.74) is 0.676. The quantitative estimate of drug-likeness (QED) is 0.226. The van der Waals surface area contributed by atoms with Gasteiger partial charge in [-0.25, -0.2) is 4.79 Å². The highest BCUT2D eigenvalue weighted by Gasteiger charge is 2.27. The van der Waals surface area contributed by atoms with Gasteiger partial charge in [0.05, 0.1) is 12.6 Å². The first-order chi connectivity index (χ1) is 19.1. The Hall–Kier alpha value is -3.02. The van der Waals surface area contributed by atoms with Gasteiger partial charge in [0.15, 0.2) is 6.29 Å². The Balaban J connectivity index is 2.09. The van der Waals surface area contributed by atoms with Crippen molar-refractivity contribution in [2.24, 2.45) is 10.9 Å². The van der Waals surface area contributed by atoms with E-state index in [1.165, 1.54) is 19.1 Å². The average molecular weight is 581 g/mol. The Kier molecular flexibility index (Phi) is 14.6. The predicted molar refractivity (Wildman–Crippen MR) is 151 cm³/mol. The average Bonchev–Trinajstić information content (AvgIpc) is 2.93. The number of carbonyl (C=O) groups is 4. The van der Waals surface area contributed by atoms with Crippen LogP contribution < -0.4 is 10.6 Å². The van der Waals surface area contributed by atoms with Crippen LogP contribution in [0.5, 0.6) is 0 Å². The zero-order valence-electron chi connectivity index (χ0n) is 23.5. The third kappa shape index (κ3) is 12.0. The van der Waals surface area contributed by atoms with Gasteiger partial charge in [-0.1, -0.05) is 55.8 Å². The predicted octanol–water partition coefficient (Wildman–Crippen LogP) is 3.21. The summed E-state index contributed by atoms with van der Waals surface area (Å²) in [4.78, 5) is 55.5. The molecular formula is C28H41ClN4O7. The Morgan fingerprint density at radius 3 is 2.58 bits per heavy atom. The minimum absolute atomic E-state index is 0.00372. The second kappa shape index (κ2) is 17.6. The lowest BCUT2D eigenvalue weighted by atomic mass is 9.85. The Labute approximate surface area is 240 Å². The Morgan fingerprint density at radius 1 is 1.20 bits per heavy atom. The number of likely N-dealkylation sites (N-methyl/N-ethyl adjacent to an activating group) is 2. The molecule has 1 fully saturated rings.